The summed E-state index contributed by atoms with van der Waals surface area (Å²) >= 11 is 0. The predicted molar refractivity (Wildman–Crippen MR) is 63.8 cm³/mol. The Morgan fingerprint density at radius 1 is 1.50 bits per heavy atom. The van der Waals surface area contributed by atoms with Crippen LogP contribution in [0.25, 0.3) is 0 Å². The van der Waals surface area contributed by atoms with Gasteiger partial charge in [-0.1, -0.05) is 0 Å². The van der Waals surface area contributed by atoms with Gasteiger partial charge >= 0.3 is 0 Å². The topological polar surface area (TPSA) is 74.6 Å². The van der Waals surface area contributed by atoms with Crippen LogP contribution in [-0.4, -0.2) is 62.4 Å². The van der Waals surface area contributed by atoms with Crippen molar-refractivity contribution in [3.8, 4) is 6.07 Å². The van der Waals surface area contributed by atoms with Gasteiger partial charge in [0, 0.05) is 6.54 Å². The summed E-state index contributed by atoms with van der Waals surface area (Å²) in [4.78, 5) is 13.6. The van der Waals surface area contributed by atoms with Crippen molar-refractivity contribution in [1.29, 1.82) is 5.26 Å². The van der Waals surface area contributed by atoms with E-state index in [0.717, 1.165) is 25.9 Å². The number of hydrogen-bond donors (Lipinski definition) is 1. The zero-order valence-electron chi connectivity index (χ0n) is 10.4. The maximum absolute atomic E-state index is 11.9. The van der Waals surface area contributed by atoms with Crippen molar-refractivity contribution in [2.45, 2.75) is 25.0 Å². The average molecular weight is 253 g/mol. The third-order valence-corrected chi connectivity index (χ3v) is 3.29. The Morgan fingerprint density at radius 2 is 2.28 bits per heavy atom. The van der Waals surface area contributed by atoms with Crippen LogP contribution in [0.3, 0.4) is 0 Å². The molecule has 0 aromatic rings. The number of carbonyl (C=O) groups excluding carboxylic acids is 1. The standard InChI is InChI=1S/C12H19N3O3/c13-7-11-8-15(5-6-17-11)12(16)9-18-10-1-3-14-4-2-10/h10-11,14H,1-6,8-9H2. The lowest BCUT2D eigenvalue weighted by Gasteiger charge is -2.30. The van der Waals surface area contributed by atoms with Crippen LogP contribution in [0.15, 0.2) is 0 Å². The Morgan fingerprint density at radius 3 is 3.00 bits per heavy atom. The van der Waals surface area contributed by atoms with E-state index in [0.29, 0.717) is 19.7 Å². The maximum Gasteiger partial charge on any atom is 0.248 e. The van der Waals surface area contributed by atoms with Gasteiger partial charge in [-0.15, -0.1) is 0 Å². The highest BCUT2D eigenvalue weighted by molar-refractivity contribution is 5.77. The highest BCUT2D eigenvalue weighted by atomic mass is 16.5. The molecule has 1 atom stereocenters. The Kier molecular flexibility index (Phi) is 4.93. The fraction of sp³-hybridized carbons (Fsp3) is 0.833. The molecule has 2 aliphatic rings. The molecule has 0 aromatic carbocycles. The van der Waals surface area contributed by atoms with E-state index in [2.05, 4.69) is 5.32 Å². The second-order valence-electron chi connectivity index (χ2n) is 4.59. The number of hydrogen-bond acceptors (Lipinski definition) is 5. The number of amides is 1. The van der Waals surface area contributed by atoms with Crippen LogP contribution in [-0.2, 0) is 14.3 Å². The number of morpholine rings is 1. The molecule has 6 nitrogen and oxygen atoms in total. The lowest BCUT2D eigenvalue weighted by atomic mass is 10.1. The number of carbonyl (C=O) groups is 1. The second-order valence-corrected chi connectivity index (χ2v) is 4.59. The Hall–Kier alpha value is -1.16. The van der Waals surface area contributed by atoms with E-state index in [9.17, 15) is 4.79 Å². The van der Waals surface area contributed by atoms with Gasteiger partial charge in [-0.3, -0.25) is 4.79 Å². The van der Waals surface area contributed by atoms with Crippen LogP contribution in [0, 0.1) is 11.3 Å². The van der Waals surface area contributed by atoms with Crippen molar-refractivity contribution in [2.75, 3.05) is 39.4 Å². The summed E-state index contributed by atoms with van der Waals surface area (Å²) in [6.07, 6.45) is 1.60. The lowest BCUT2D eigenvalue weighted by molar-refractivity contribution is -0.144. The minimum absolute atomic E-state index is 0.0444. The third kappa shape index (κ3) is 3.67. The van der Waals surface area contributed by atoms with Gasteiger partial charge in [-0.25, -0.2) is 0 Å². The van der Waals surface area contributed by atoms with Crippen molar-refractivity contribution in [3.63, 3.8) is 0 Å². The molecule has 1 amide bonds. The summed E-state index contributed by atoms with van der Waals surface area (Å²) in [6.45, 7) is 3.34. The Balaban J connectivity index is 1.72. The smallest absolute Gasteiger partial charge is 0.248 e. The van der Waals surface area contributed by atoms with Gasteiger partial charge in [0.25, 0.3) is 0 Å². The van der Waals surface area contributed by atoms with E-state index < -0.39 is 6.10 Å². The normalized spacial score (nSPS) is 25.7. The molecule has 2 aliphatic heterocycles. The monoisotopic (exact) mass is 253 g/mol. The first-order chi connectivity index (χ1) is 8.79. The molecule has 2 heterocycles. The maximum atomic E-state index is 11.9. The number of piperidine rings is 1. The van der Waals surface area contributed by atoms with Gasteiger partial charge in [0.05, 0.1) is 25.3 Å². The highest BCUT2D eigenvalue weighted by Crippen LogP contribution is 2.09. The summed E-state index contributed by atoms with van der Waals surface area (Å²) in [7, 11) is 0. The van der Waals surface area contributed by atoms with Crippen molar-refractivity contribution < 1.29 is 14.3 Å². The van der Waals surface area contributed by atoms with Gasteiger partial charge in [-0.05, 0) is 25.9 Å². The van der Waals surface area contributed by atoms with E-state index in [1.54, 1.807) is 4.90 Å². The Labute approximate surface area is 107 Å². The molecule has 2 fully saturated rings. The molecular formula is C12H19N3O3. The van der Waals surface area contributed by atoms with Crippen molar-refractivity contribution in [3.05, 3.63) is 0 Å². The number of nitrogens with zero attached hydrogens (tertiary/aromatic N) is 2. The highest BCUT2D eigenvalue weighted by Gasteiger charge is 2.24. The number of nitrogens with one attached hydrogen (secondary N) is 1. The van der Waals surface area contributed by atoms with Crippen molar-refractivity contribution >= 4 is 5.91 Å². The molecule has 0 bridgehead atoms. The van der Waals surface area contributed by atoms with Crippen LogP contribution in [0.5, 0.6) is 0 Å². The summed E-state index contributed by atoms with van der Waals surface area (Å²) in [6, 6.07) is 2.03. The van der Waals surface area contributed by atoms with Gasteiger partial charge < -0.3 is 19.7 Å². The molecule has 100 valence electrons. The second kappa shape index (κ2) is 6.69. The van der Waals surface area contributed by atoms with Crippen LogP contribution < -0.4 is 5.32 Å². The summed E-state index contributed by atoms with van der Waals surface area (Å²) < 4.78 is 10.8. The number of nitriles is 1. The summed E-state index contributed by atoms with van der Waals surface area (Å²) in [5.74, 6) is -0.0444. The van der Waals surface area contributed by atoms with Crippen LogP contribution in [0.4, 0.5) is 0 Å². The number of rotatable bonds is 3. The van der Waals surface area contributed by atoms with E-state index in [1.807, 2.05) is 6.07 Å². The van der Waals surface area contributed by atoms with Crippen molar-refractivity contribution in [2.24, 2.45) is 0 Å². The minimum Gasteiger partial charge on any atom is -0.368 e. The molecule has 0 saturated carbocycles. The van der Waals surface area contributed by atoms with Crippen LogP contribution >= 0.6 is 0 Å². The van der Waals surface area contributed by atoms with E-state index in [-0.39, 0.29) is 18.6 Å². The lowest BCUT2D eigenvalue weighted by Crippen LogP contribution is -2.47. The first kappa shape index (κ1) is 13.3. The predicted octanol–water partition coefficient (Wildman–Crippen LogP) is -0.494. The molecule has 2 saturated heterocycles. The SMILES string of the molecule is N#CC1CN(C(=O)COC2CCNCC2)CCO1. The molecule has 0 spiro atoms. The molecule has 1 N–H and O–H groups in total. The zero-order chi connectivity index (χ0) is 12.8. The first-order valence-corrected chi connectivity index (χ1v) is 6.41. The van der Waals surface area contributed by atoms with Gasteiger partial charge in [0.15, 0.2) is 6.10 Å². The molecular weight excluding hydrogens is 234 g/mol. The molecule has 0 aromatic heterocycles. The fourth-order valence-electron chi connectivity index (χ4n) is 2.20. The molecule has 0 aliphatic carbocycles. The third-order valence-electron chi connectivity index (χ3n) is 3.29. The van der Waals surface area contributed by atoms with E-state index in [1.165, 1.54) is 0 Å². The molecule has 18 heavy (non-hydrogen) atoms. The zero-order valence-corrected chi connectivity index (χ0v) is 10.4. The molecule has 1 unspecified atom stereocenters. The molecule has 0 radical (unpaired) electrons. The molecule has 2 rings (SSSR count). The van der Waals surface area contributed by atoms with Crippen molar-refractivity contribution in [1.82, 2.24) is 10.2 Å². The molecule has 6 heteroatoms. The largest absolute Gasteiger partial charge is 0.368 e. The van der Waals surface area contributed by atoms with Gasteiger partial charge in [-0.2, -0.15) is 5.26 Å². The van der Waals surface area contributed by atoms with Gasteiger partial charge in [0.1, 0.15) is 6.61 Å². The van der Waals surface area contributed by atoms with E-state index in [4.69, 9.17) is 14.7 Å². The van der Waals surface area contributed by atoms with Crippen LogP contribution in [0.2, 0.25) is 0 Å². The summed E-state index contributed by atoms with van der Waals surface area (Å²) in [5, 5.41) is 12.0. The van der Waals surface area contributed by atoms with E-state index >= 15 is 0 Å². The Bertz CT molecular complexity index is 323. The fourth-order valence-corrected chi connectivity index (χ4v) is 2.20. The van der Waals surface area contributed by atoms with Crippen LogP contribution in [0.1, 0.15) is 12.8 Å². The average Bonchev–Trinajstić information content (AvgIpc) is 2.46. The summed E-state index contributed by atoms with van der Waals surface area (Å²) in [5.41, 5.74) is 0. The minimum atomic E-state index is -0.499. The van der Waals surface area contributed by atoms with Gasteiger partial charge in [0.2, 0.25) is 5.91 Å². The first-order valence-electron chi connectivity index (χ1n) is 6.41. The quantitative estimate of drug-likeness (QED) is 0.734. The number of ether oxygens (including phenoxy) is 2.